The Morgan fingerprint density at radius 2 is 1.90 bits per heavy atom. The van der Waals surface area contributed by atoms with Gasteiger partial charge >= 0.3 is 6.18 Å². The van der Waals surface area contributed by atoms with E-state index in [9.17, 15) is 27.1 Å². The minimum absolute atomic E-state index is 0.0387. The molecule has 0 aliphatic rings. The smallest absolute Gasteiger partial charge is 0.393 e. The van der Waals surface area contributed by atoms with Crippen molar-refractivity contribution in [1.82, 2.24) is 19.7 Å². The van der Waals surface area contributed by atoms with Crippen LogP contribution < -0.4 is 5.32 Å². The Kier molecular flexibility index (Phi) is 6.23. The molecule has 2 aromatic heterocycles. The van der Waals surface area contributed by atoms with Gasteiger partial charge in [-0.15, -0.1) is 0 Å². The van der Waals surface area contributed by atoms with Crippen molar-refractivity contribution in [3.8, 4) is 11.1 Å². The zero-order valence-corrected chi connectivity index (χ0v) is 16.1. The SMILES string of the molecule is Cc1cc(Nc2nccc(C(F)F)n2)cc(-c2cnn(C[C@@](O)(CO)C(F)(F)F)c2)c1. The highest BCUT2D eigenvalue weighted by molar-refractivity contribution is 5.70. The van der Waals surface area contributed by atoms with Crippen LogP contribution in [0.25, 0.3) is 11.1 Å². The molecule has 0 bridgehead atoms. The number of hydrogen-bond acceptors (Lipinski definition) is 6. The highest BCUT2D eigenvalue weighted by atomic mass is 19.4. The fourth-order valence-corrected chi connectivity index (χ4v) is 2.80. The zero-order valence-electron chi connectivity index (χ0n) is 16.1. The first-order valence-electron chi connectivity index (χ1n) is 8.93. The molecule has 3 rings (SSSR count). The summed E-state index contributed by atoms with van der Waals surface area (Å²) in [6.07, 6.45) is -4.00. The van der Waals surface area contributed by atoms with Crippen molar-refractivity contribution in [2.45, 2.75) is 31.7 Å². The second-order valence-corrected chi connectivity index (χ2v) is 6.93. The quantitative estimate of drug-likeness (QED) is 0.483. The van der Waals surface area contributed by atoms with Gasteiger partial charge < -0.3 is 15.5 Å². The number of hydrogen-bond donors (Lipinski definition) is 3. The molecule has 2 heterocycles. The minimum atomic E-state index is -5.04. The van der Waals surface area contributed by atoms with Crippen molar-refractivity contribution in [2.75, 3.05) is 11.9 Å². The molecule has 12 heteroatoms. The molecular weight excluding hydrogens is 425 g/mol. The van der Waals surface area contributed by atoms with Crippen LogP contribution in [0.5, 0.6) is 0 Å². The lowest BCUT2D eigenvalue weighted by atomic mass is 10.0. The number of aromatic nitrogens is 4. The number of nitrogens with zero attached hydrogens (tertiary/aromatic N) is 4. The maximum absolute atomic E-state index is 13.0. The lowest BCUT2D eigenvalue weighted by Crippen LogP contribution is -2.51. The van der Waals surface area contributed by atoms with Crippen LogP contribution in [-0.2, 0) is 6.54 Å². The van der Waals surface area contributed by atoms with Crippen molar-refractivity contribution >= 4 is 11.6 Å². The van der Waals surface area contributed by atoms with Gasteiger partial charge in [-0.3, -0.25) is 4.68 Å². The van der Waals surface area contributed by atoms with Gasteiger partial charge in [-0.05, 0) is 36.2 Å². The summed E-state index contributed by atoms with van der Waals surface area (Å²) in [5.41, 5.74) is -1.53. The summed E-state index contributed by atoms with van der Waals surface area (Å²) in [4.78, 5) is 7.63. The summed E-state index contributed by atoms with van der Waals surface area (Å²) < 4.78 is 65.5. The van der Waals surface area contributed by atoms with E-state index in [1.807, 2.05) is 0 Å². The third-order valence-electron chi connectivity index (χ3n) is 4.41. The molecule has 7 nitrogen and oxygen atoms in total. The number of rotatable bonds is 7. The van der Waals surface area contributed by atoms with E-state index in [0.29, 0.717) is 16.8 Å². The van der Waals surface area contributed by atoms with Crippen LogP contribution in [0.1, 0.15) is 17.7 Å². The number of nitrogens with one attached hydrogen (secondary N) is 1. The molecule has 0 aliphatic carbocycles. The molecule has 0 unspecified atom stereocenters. The Morgan fingerprint density at radius 1 is 1.16 bits per heavy atom. The largest absolute Gasteiger partial charge is 0.421 e. The highest BCUT2D eigenvalue weighted by Gasteiger charge is 2.53. The summed E-state index contributed by atoms with van der Waals surface area (Å²) >= 11 is 0. The third-order valence-corrected chi connectivity index (χ3v) is 4.41. The van der Waals surface area contributed by atoms with Crippen molar-refractivity contribution in [3.05, 3.63) is 54.1 Å². The number of aliphatic hydroxyl groups excluding tert-OH is 1. The molecule has 3 aromatic rings. The predicted molar refractivity (Wildman–Crippen MR) is 101 cm³/mol. The molecule has 0 spiro atoms. The van der Waals surface area contributed by atoms with E-state index in [1.165, 1.54) is 18.6 Å². The molecule has 166 valence electrons. The first-order chi connectivity index (χ1) is 14.5. The third kappa shape index (κ3) is 5.14. The van der Waals surface area contributed by atoms with Gasteiger partial charge in [-0.1, -0.05) is 6.07 Å². The fourth-order valence-electron chi connectivity index (χ4n) is 2.80. The summed E-state index contributed by atoms with van der Waals surface area (Å²) in [7, 11) is 0. The number of aryl methyl sites for hydroxylation is 1. The van der Waals surface area contributed by atoms with Crippen LogP contribution in [0.3, 0.4) is 0 Å². The molecule has 0 saturated heterocycles. The number of benzene rings is 1. The van der Waals surface area contributed by atoms with Crippen molar-refractivity contribution in [3.63, 3.8) is 0 Å². The Morgan fingerprint density at radius 3 is 2.55 bits per heavy atom. The van der Waals surface area contributed by atoms with Crippen molar-refractivity contribution in [1.29, 1.82) is 0 Å². The van der Waals surface area contributed by atoms with Gasteiger partial charge in [-0.25, -0.2) is 18.7 Å². The van der Waals surface area contributed by atoms with Gasteiger partial charge in [0.15, 0.2) is 0 Å². The maximum atomic E-state index is 13.0. The van der Waals surface area contributed by atoms with Crippen molar-refractivity contribution in [2.24, 2.45) is 0 Å². The van der Waals surface area contributed by atoms with Crippen LogP contribution in [-0.4, -0.2) is 48.3 Å². The van der Waals surface area contributed by atoms with Gasteiger partial charge in [0.1, 0.15) is 5.69 Å². The highest BCUT2D eigenvalue weighted by Crippen LogP contribution is 2.32. The lowest BCUT2D eigenvalue weighted by Gasteiger charge is -2.28. The molecule has 1 aromatic carbocycles. The molecule has 0 amide bonds. The average Bonchev–Trinajstić information content (AvgIpc) is 3.15. The summed E-state index contributed by atoms with van der Waals surface area (Å²) in [6, 6.07) is 6.17. The standard InChI is InChI=1S/C19H18F5N5O2/c1-11-4-12(6-14(5-11)27-17-25-3-2-15(28-17)16(20)21)13-7-26-29(8-13)9-18(31,10-30)19(22,23)24/h2-8,16,30-31H,9-10H2,1H3,(H,25,27,28)/t18-/m1/s1. The monoisotopic (exact) mass is 443 g/mol. The van der Waals surface area contributed by atoms with E-state index in [4.69, 9.17) is 5.11 Å². The van der Waals surface area contributed by atoms with Gasteiger partial charge in [0, 0.05) is 23.6 Å². The van der Waals surface area contributed by atoms with E-state index < -0.39 is 37.0 Å². The van der Waals surface area contributed by atoms with Gasteiger partial charge in [0.05, 0.1) is 19.3 Å². The average molecular weight is 443 g/mol. The van der Waals surface area contributed by atoms with Crippen LogP contribution in [0.2, 0.25) is 0 Å². The predicted octanol–water partition coefficient (Wildman–Crippen LogP) is 3.62. The molecular formula is C19H18F5N5O2. The van der Waals surface area contributed by atoms with Crippen molar-refractivity contribution < 1.29 is 32.2 Å². The van der Waals surface area contributed by atoms with Crippen LogP contribution in [0.4, 0.5) is 33.6 Å². The normalized spacial score (nSPS) is 14.0. The number of halogens is 5. The Balaban J connectivity index is 1.85. The summed E-state index contributed by atoms with van der Waals surface area (Å²) in [5, 5.41) is 25.3. The molecule has 31 heavy (non-hydrogen) atoms. The van der Waals surface area contributed by atoms with E-state index in [2.05, 4.69) is 20.4 Å². The Hall–Kier alpha value is -3.12. The fraction of sp³-hybridized carbons (Fsp3) is 0.316. The first kappa shape index (κ1) is 22.6. The molecule has 0 fully saturated rings. The second kappa shape index (κ2) is 8.55. The second-order valence-electron chi connectivity index (χ2n) is 6.93. The molecule has 3 N–H and O–H groups in total. The number of aliphatic hydroxyl groups is 2. The number of anilines is 2. The lowest BCUT2D eigenvalue weighted by molar-refractivity contribution is -0.276. The minimum Gasteiger partial charge on any atom is -0.393 e. The van der Waals surface area contributed by atoms with E-state index in [1.54, 1.807) is 25.1 Å². The van der Waals surface area contributed by atoms with Gasteiger partial charge in [-0.2, -0.15) is 18.3 Å². The van der Waals surface area contributed by atoms with Crippen LogP contribution in [0.15, 0.2) is 42.9 Å². The van der Waals surface area contributed by atoms with Crippen LogP contribution in [0, 0.1) is 6.92 Å². The summed E-state index contributed by atoms with van der Waals surface area (Å²) in [5.74, 6) is -0.0387. The van der Waals surface area contributed by atoms with E-state index in [0.717, 1.165) is 16.3 Å². The first-order valence-corrected chi connectivity index (χ1v) is 8.93. The molecule has 0 saturated carbocycles. The Labute approximate surface area is 173 Å². The number of alkyl halides is 5. The Bertz CT molecular complexity index is 1060. The van der Waals surface area contributed by atoms with Crippen LogP contribution >= 0.6 is 0 Å². The van der Waals surface area contributed by atoms with E-state index in [-0.39, 0.29) is 5.95 Å². The zero-order chi connectivity index (χ0) is 22.8. The van der Waals surface area contributed by atoms with E-state index >= 15 is 0 Å². The molecule has 0 radical (unpaired) electrons. The van der Waals surface area contributed by atoms with Gasteiger partial charge in [0.2, 0.25) is 11.5 Å². The topological polar surface area (TPSA) is 96.1 Å². The molecule has 1 atom stereocenters. The molecule has 0 aliphatic heterocycles. The maximum Gasteiger partial charge on any atom is 0.421 e. The van der Waals surface area contributed by atoms with Gasteiger partial charge in [0.25, 0.3) is 6.43 Å². The summed E-state index contributed by atoms with van der Waals surface area (Å²) in [6.45, 7) is -0.732.